The summed E-state index contributed by atoms with van der Waals surface area (Å²) in [4.78, 5) is 13.1. The molecule has 0 saturated carbocycles. The standard InChI is InChI=1S/C16H16N4S/c1-17-14(12-6-3-2-4-7-12)10-13-11-21-16(20-13)15-18-8-5-9-19-15/h2-9,11,14,17H,10H2,1H3. The zero-order valence-electron chi connectivity index (χ0n) is 11.7. The lowest BCUT2D eigenvalue weighted by Crippen LogP contribution is -2.18. The Kier molecular flexibility index (Phi) is 4.33. The minimum absolute atomic E-state index is 0.262. The highest BCUT2D eigenvalue weighted by Gasteiger charge is 2.13. The first kappa shape index (κ1) is 13.9. The van der Waals surface area contributed by atoms with Crippen molar-refractivity contribution in [2.45, 2.75) is 12.5 Å². The van der Waals surface area contributed by atoms with Crippen molar-refractivity contribution in [3.8, 4) is 10.8 Å². The van der Waals surface area contributed by atoms with Crippen LogP contribution < -0.4 is 5.32 Å². The minimum atomic E-state index is 0.262. The number of hydrogen-bond donors (Lipinski definition) is 1. The second-order valence-electron chi connectivity index (χ2n) is 4.67. The summed E-state index contributed by atoms with van der Waals surface area (Å²) in [5.41, 5.74) is 2.33. The van der Waals surface area contributed by atoms with Gasteiger partial charge in [0.15, 0.2) is 10.8 Å². The molecule has 3 rings (SSSR count). The summed E-state index contributed by atoms with van der Waals surface area (Å²) < 4.78 is 0. The number of likely N-dealkylation sites (N-methyl/N-ethyl adjacent to an activating group) is 1. The Morgan fingerprint density at radius 2 is 1.86 bits per heavy atom. The van der Waals surface area contributed by atoms with Crippen molar-refractivity contribution in [2.75, 3.05) is 7.05 Å². The molecule has 4 nitrogen and oxygen atoms in total. The van der Waals surface area contributed by atoms with E-state index in [9.17, 15) is 0 Å². The van der Waals surface area contributed by atoms with Crippen molar-refractivity contribution in [1.29, 1.82) is 0 Å². The first-order valence-electron chi connectivity index (χ1n) is 6.81. The van der Waals surface area contributed by atoms with Crippen molar-refractivity contribution in [2.24, 2.45) is 0 Å². The summed E-state index contributed by atoms with van der Waals surface area (Å²) in [6.07, 6.45) is 4.33. The van der Waals surface area contributed by atoms with Gasteiger partial charge in [0.05, 0.1) is 5.69 Å². The van der Waals surface area contributed by atoms with Crippen molar-refractivity contribution in [3.63, 3.8) is 0 Å². The third-order valence-electron chi connectivity index (χ3n) is 3.27. The summed E-state index contributed by atoms with van der Waals surface area (Å²) in [7, 11) is 1.98. The van der Waals surface area contributed by atoms with Gasteiger partial charge in [-0.2, -0.15) is 0 Å². The maximum Gasteiger partial charge on any atom is 0.188 e. The predicted molar refractivity (Wildman–Crippen MR) is 85.1 cm³/mol. The summed E-state index contributed by atoms with van der Waals surface area (Å²) in [5, 5.41) is 6.30. The highest BCUT2D eigenvalue weighted by molar-refractivity contribution is 7.13. The average molecular weight is 296 g/mol. The Balaban J connectivity index is 1.78. The maximum absolute atomic E-state index is 4.65. The van der Waals surface area contributed by atoms with Crippen molar-refractivity contribution in [3.05, 3.63) is 65.4 Å². The van der Waals surface area contributed by atoms with Gasteiger partial charge in [-0.15, -0.1) is 11.3 Å². The molecular formula is C16H16N4S. The molecule has 1 N–H and O–H groups in total. The summed E-state index contributed by atoms with van der Waals surface area (Å²) in [5.74, 6) is 0.689. The molecule has 1 atom stereocenters. The van der Waals surface area contributed by atoms with Gasteiger partial charge >= 0.3 is 0 Å². The Labute approximate surface area is 127 Å². The monoisotopic (exact) mass is 296 g/mol. The van der Waals surface area contributed by atoms with Crippen LogP contribution in [-0.2, 0) is 6.42 Å². The topological polar surface area (TPSA) is 50.7 Å². The van der Waals surface area contributed by atoms with E-state index in [0.29, 0.717) is 5.82 Å². The highest BCUT2D eigenvalue weighted by Crippen LogP contribution is 2.23. The Bertz CT molecular complexity index is 682. The van der Waals surface area contributed by atoms with Crippen LogP contribution in [0.1, 0.15) is 17.3 Å². The third-order valence-corrected chi connectivity index (χ3v) is 4.16. The van der Waals surface area contributed by atoms with Gasteiger partial charge in [0.25, 0.3) is 0 Å². The molecule has 0 aliphatic rings. The third kappa shape index (κ3) is 3.32. The summed E-state index contributed by atoms with van der Waals surface area (Å²) >= 11 is 1.59. The van der Waals surface area contributed by atoms with Gasteiger partial charge in [-0.05, 0) is 18.7 Å². The van der Waals surface area contributed by atoms with E-state index in [1.165, 1.54) is 5.56 Å². The fourth-order valence-corrected chi connectivity index (χ4v) is 2.97. The second kappa shape index (κ2) is 6.56. The van der Waals surface area contributed by atoms with E-state index in [-0.39, 0.29) is 6.04 Å². The van der Waals surface area contributed by atoms with Crippen LogP contribution in [0.4, 0.5) is 0 Å². The maximum atomic E-state index is 4.65. The normalized spacial score (nSPS) is 12.2. The fraction of sp³-hybridized carbons (Fsp3) is 0.188. The van der Waals surface area contributed by atoms with Gasteiger partial charge in [0.2, 0.25) is 0 Å². The second-order valence-corrected chi connectivity index (χ2v) is 5.53. The quantitative estimate of drug-likeness (QED) is 0.786. The van der Waals surface area contributed by atoms with E-state index in [1.807, 2.05) is 19.2 Å². The van der Waals surface area contributed by atoms with Crippen LogP contribution in [0.25, 0.3) is 10.8 Å². The van der Waals surface area contributed by atoms with E-state index >= 15 is 0 Å². The Morgan fingerprint density at radius 3 is 2.57 bits per heavy atom. The molecule has 1 aromatic carbocycles. The molecule has 0 saturated heterocycles. The highest BCUT2D eigenvalue weighted by atomic mass is 32.1. The molecule has 0 amide bonds. The first-order valence-corrected chi connectivity index (χ1v) is 7.69. The SMILES string of the molecule is CNC(Cc1csc(-c2ncccn2)n1)c1ccccc1. The molecule has 2 aromatic heterocycles. The van der Waals surface area contributed by atoms with Crippen LogP contribution in [0.5, 0.6) is 0 Å². The first-order chi connectivity index (χ1) is 10.4. The summed E-state index contributed by atoms with van der Waals surface area (Å²) in [6.45, 7) is 0. The largest absolute Gasteiger partial charge is 0.313 e. The molecule has 21 heavy (non-hydrogen) atoms. The molecule has 3 aromatic rings. The van der Waals surface area contributed by atoms with Crippen LogP contribution in [0, 0.1) is 0 Å². The van der Waals surface area contributed by atoms with E-state index in [0.717, 1.165) is 17.1 Å². The number of aromatic nitrogens is 3. The number of benzene rings is 1. The smallest absolute Gasteiger partial charge is 0.188 e. The molecule has 0 fully saturated rings. The van der Waals surface area contributed by atoms with Gasteiger partial charge in [0.1, 0.15) is 0 Å². The molecule has 0 spiro atoms. The number of nitrogens with one attached hydrogen (secondary N) is 1. The van der Waals surface area contributed by atoms with Gasteiger partial charge in [-0.1, -0.05) is 30.3 Å². The van der Waals surface area contributed by atoms with Crippen LogP contribution in [-0.4, -0.2) is 22.0 Å². The molecule has 106 valence electrons. The van der Waals surface area contributed by atoms with Crippen molar-refractivity contribution < 1.29 is 0 Å². The molecule has 5 heteroatoms. The van der Waals surface area contributed by atoms with Crippen molar-refractivity contribution >= 4 is 11.3 Å². The molecule has 1 unspecified atom stereocenters. The van der Waals surface area contributed by atoms with Gasteiger partial charge in [-0.3, -0.25) is 0 Å². The van der Waals surface area contributed by atoms with Crippen molar-refractivity contribution in [1.82, 2.24) is 20.3 Å². The van der Waals surface area contributed by atoms with Gasteiger partial charge in [-0.25, -0.2) is 15.0 Å². The number of nitrogens with zero attached hydrogens (tertiary/aromatic N) is 3. The Morgan fingerprint density at radius 1 is 1.10 bits per heavy atom. The molecule has 2 heterocycles. The molecule has 0 bridgehead atoms. The number of rotatable bonds is 5. The molecule has 0 aliphatic carbocycles. The summed E-state index contributed by atoms with van der Waals surface area (Å²) in [6, 6.07) is 12.5. The number of hydrogen-bond acceptors (Lipinski definition) is 5. The molecule has 0 radical (unpaired) electrons. The average Bonchev–Trinajstić information content (AvgIpc) is 3.03. The molecular weight excluding hydrogens is 280 g/mol. The van der Waals surface area contributed by atoms with E-state index in [4.69, 9.17) is 0 Å². The lowest BCUT2D eigenvalue weighted by molar-refractivity contribution is 0.586. The van der Waals surface area contributed by atoms with E-state index in [1.54, 1.807) is 23.7 Å². The van der Waals surface area contributed by atoms with Crippen LogP contribution in [0.3, 0.4) is 0 Å². The van der Waals surface area contributed by atoms with Crippen LogP contribution in [0.15, 0.2) is 54.2 Å². The van der Waals surface area contributed by atoms with Crippen LogP contribution in [0.2, 0.25) is 0 Å². The molecule has 0 aliphatic heterocycles. The lowest BCUT2D eigenvalue weighted by Gasteiger charge is -2.15. The zero-order valence-corrected chi connectivity index (χ0v) is 12.5. The predicted octanol–water partition coefficient (Wildman–Crippen LogP) is 3.10. The van der Waals surface area contributed by atoms with E-state index in [2.05, 4.69) is 49.9 Å². The lowest BCUT2D eigenvalue weighted by atomic mass is 10.0. The number of thiazole rings is 1. The van der Waals surface area contributed by atoms with Gasteiger partial charge in [0, 0.05) is 30.2 Å². The van der Waals surface area contributed by atoms with E-state index < -0.39 is 0 Å². The zero-order chi connectivity index (χ0) is 14.5. The Hall–Kier alpha value is -2.11. The van der Waals surface area contributed by atoms with Crippen LogP contribution >= 0.6 is 11.3 Å². The minimum Gasteiger partial charge on any atom is -0.313 e. The fourth-order valence-electron chi connectivity index (χ4n) is 2.19. The van der Waals surface area contributed by atoms with Gasteiger partial charge < -0.3 is 5.32 Å².